The van der Waals surface area contributed by atoms with Crippen LogP contribution in [0.25, 0.3) is 0 Å². The van der Waals surface area contributed by atoms with Crippen LogP contribution in [0.5, 0.6) is 0 Å². The van der Waals surface area contributed by atoms with Gasteiger partial charge in [-0.25, -0.2) is 0 Å². The van der Waals surface area contributed by atoms with Gasteiger partial charge in [0.15, 0.2) is 0 Å². The van der Waals surface area contributed by atoms with Gasteiger partial charge >= 0.3 is 0 Å². The number of likely N-dealkylation sites (N-methyl/N-ethyl adjacent to an activating group) is 2. The predicted molar refractivity (Wildman–Crippen MR) is 70.8 cm³/mol. The lowest BCUT2D eigenvalue weighted by Gasteiger charge is -2.18. The summed E-state index contributed by atoms with van der Waals surface area (Å²) in [5.41, 5.74) is 4.26. The van der Waals surface area contributed by atoms with Gasteiger partial charge in [0.1, 0.15) is 0 Å². The third-order valence-electron chi connectivity index (χ3n) is 3.08. The molecular formula is C14H24N2. The SMILES string of the molecule is CCNCCN(C)Cc1cccc(C)c1C. The Labute approximate surface area is 99.7 Å². The Morgan fingerprint density at radius 1 is 1.25 bits per heavy atom. The molecular weight excluding hydrogens is 196 g/mol. The molecule has 0 aliphatic heterocycles. The summed E-state index contributed by atoms with van der Waals surface area (Å²) in [6.45, 7) is 10.8. The molecule has 0 fully saturated rings. The minimum absolute atomic E-state index is 1.04. The fourth-order valence-electron chi connectivity index (χ4n) is 1.80. The first-order chi connectivity index (χ1) is 7.65. The van der Waals surface area contributed by atoms with Crippen molar-refractivity contribution in [3.8, 4) is 0 Å². The molecule has 0 bridgehead atoms. The quantitative estimate of drug-likeness (QED) is 0.740. The molecule has 0 radical (unpaired) electrons. The molecule has 0 aliphatic rings. The minimum Gasteiger partial charge on any atom is -0.316 e. The standard InChI is InChI=1S/C14H24N2/c1-5-15-9-10-16(4)11-14-8-6-7-12(2)13(14)3/h6-8,15H,5,9-11H2,1-4H3. The van der Waals surface area contributed by atoms with E-state index in [-0.39, 0.29) is 0 Å². The molecule has 0 unspecified atom stereocenters. The molecule has 2 heteroatoms. The third kappa shape index (κ3) is 3.95. The van der Waals surface area contributed by atoms with Crippen molar-refractivity contribution < 1.29 is 0 Å². The molecule has 0 amide bonds. The highest BCUT2D eigenvalue weighted by molar-refractivity contribution is 5.32. The molecule has 2 nitrogen and oxygen atoms in total. The summed E-state index contributed by atoms with van der Waals surface area (Å²) in [7, 11) is 2.18. The van der Waals surface area contributed by atoms with Gasteiger partial charge in [-0.3, -0.25) is 0 Å². The molecule has 16 heavy (non-hydrogen) atoms. The Morgan fingerprint density at radius 3 is 2.69 bits per heavy atom. The topological polar surface area (TPSA) is 15.3 Å². The molecule has 0 atom stereocenters. The lowest BCUT2D eigenvalue weighted by molar-refractivity contribution is 0.325. The van der Waals surface area contributed by atoms with Gasteiger partial charge in [0.2, 0.25) is 0 Å². The zero-order chi connectivity index (χ0) is 12.0. The molecule has 1 N–H and O–H groups in total. The number of nitrogens with one attached hydrogen (secondary N) is 1. The molecule has 90 valence electrons. The van der Waals surface area contributed by atoms with E-state index in [0.29, 0.717) is 0 Å². The van der Waals surface area contributed by atoms with Crippen molar-refractivity contribution in [2.24, 2.45) is 0 Å². The van der Waals surface area contributed by atoms with Gasteiger partial charge in [0, 0.05) is 19.6 Å². The number of rotatable bonds is 6. The number of hydrogen-bond donors (Lipinski definition) is 1. The summed E-state index contributed by atoms with van der Waals surface area (Å²) in [4.78, 5) is 2.37. The Morgan fingerprint density at radius 2 is 2.00 bits per heavy atom. The highest BCUT2D eigenvalue weighted by Crippen LogP contribution is 2.13. The molecule has 0 heterocycles. The monoisotopic (exact) mass is 220 g/mol. The van der Waals surface area contributed by atoms with E-state index in [1.807, 2.05) is 0 Å². The summed E-state index contributed by atoms with van der Waals surface area (Å²) in [5, 5.41) is 3.35. The van der Waals surface area contributed by atoms with Crippen LogP contribution in [0.2, 0.25) is 0 Å². The van der Waals surface area contributed by atoms with Crippen LogP contribution in [0, 0.1) is 13.8 Å². The van der Waals surface area contributed by atoms with E-state index < -0.39 is 0 Å². The molecule has 0 saturated carbocycles. The highest BCUT2D eigenvalue weighted by atomic mass is 15.1. The number of aryl methyl sites for hydroxylation is 1. The van der Waals surface area contributed by atoms with Crippen molar-refractivity contribution in [2.45, 2.75) is 27.3 Å². The maximum atomic E-state index is 3.35. The molecule has 1 aromatic rings. The summed E-state index contributed by atoms with van der Waals surface area (Å²) < 4.78 is 0. The Kier molecular flexibility index (Phi) is 5.50. The first-order valence-corrected chi connectivity index (χ1v) is 6.09. The van der Waals surface area contributed by atoms with Gasteiger partial charge in [0.05, 0.1) is 0 Å². The normalized spacial score (nSPS) is 11.1. The average Bonchev–Trinajstić information content (AvgIpc) is 2.25. The van der Waals surface area contributed by atoms with Crippen LogP contribution in [0.15, 0.2) is 18.2 Å². The smallest absolute Gasteiger partial charge is 0.0233 e. The van der Waals surface area contributed by atoms with Gasteiger partial charge in [-0.05, 0) is 44.1 Å². The largest absolute Gasteiger partial charge is 0.316 e. The first kappa shape index (κ1) is 13.2. The van der Waals surface area contributed by atoms with Gasteiger partial charge in [0.25, 0.3) is 0 Å². The van der Waals surface area contributed by atoms with Crippen molar-refractivity contribution in [3.63, 3.8) is 0 Å². The fraction of sp³-hybridized carbons (Fsp3) is 0.571. The van der Waals surface area contributed by atoms with Crippen molar-refractivity contribution in [3.05, 3.63) is 34.9 Å². The van der Waals surface area contributed by atoms with E-state index in [4.69, 9.17) is 0 Å². The van der Waals surface area contributed by atoms with E-state index in [1.165, 1.54) is 16.7 Å². The Bertz CT molecular complexity index is 321. The van der Waals surface area contributed by atoms with Crippen LogP contribution in [-0.4, -0.2) is 31.6 Å². The number of hydrogen-bond acceptors (Lipinski definition) is 2. The summed E-state index contributed by atoms with van der Waals surface area (Å²) in [6, 6.07) is 6.55. The van der Waals surface area contributed by atoms with Crippen LogP contribution >= 0.6 is 0 Å². The van der Waals surface area contributed by atoms with Gasteiger partial charge < -0.3 is 10.2 Å². The molecule has 1 rings (SSSR count). The number of nitrogens with zero attached hydrogens (tertiary/aromatic N) is 1. The second-order valence-corrected chi connectivity index (χ2v) is 4.45. The molecule has 1 aromatic carbocycles. The minimum atomic E-state index is 1.04. The second-order valence-electron chi connectivity index (χ2n) is 4.45. The first-order valence-electron chi connectivity index (χ1n) is 6.09. The van der Waals surface area contributed by atoms with E-state index in [9.17, 15) is 0 Å². The fourth-order valence-corrected chi connectivity index (χ4v) is 1.80. The van der Waals surface area contributed by atoms with Crippen molar-refractivity contribution in [2.75, 3.05) is 26.7 Å². The maximum Gasteiger partial charge on any atom is 0.0233 e. The molecule has 0 saturated heterocycles. The van der Waals surface area contributed by atoms with E-state index in [1.54, 1.807) is 0 Å². The molecule has 0 spiro atoms. The van der Waals surface area contributed by atoms with Crippen LogP contribution in [-0.2, 0) is 6.54 Å². The second kappa shape index (κ2) is 6.66. The average molecular weight is 220 g/mol. The zero-order valence-electron chi connectivity index (χ0n) is 11.0. The summed E-state index contributed by atoms with van der Waals surface area (Å²) >= 11 is 0. The van der Waals surface area contributed by atoms with Gasteiger partial charge in [-0.2, -0.15) is 0 Å². The lowest BCUT2D eigenvalue weighted by Crippen LogP contribution is -2.29. The van der Waals surface area contributed by atoms with Crippen LogP contribution in [0.1, 0.15) is 23.6 Å². The van der Waals surface area contributed by atoms with Gasteiger partial charge in [-0.15, -0.1) is 0 Å². The van der Waals surface area contributed by atoms with Crippen LogP contribution < -0.4 is 5.32 Å². The van der Waals surface area contributed by atoms with E-state index in [0.717, 1.165) is 26.2 Å². The Balaban J connectivity index is 2.49. The molecule has 0 aromatic heterocycles. The van der Waals surface area contributed by atoms with Crippen molar-refractivity contribution >= 4 is 0 Å². The third-order valence-corrected chi connectivity index (χ3v) is 3.08. The van der Waals surface area contributed by atoms with Crippen LogP contribution in [0.3, 0.4) is 0 Å². The maximum absolute atomic E-state index is 3.35. The van der Waals surface area contributed by atoms with E-state index >= 15 is 0 Å². The zero-order valence-corrected chi connectivity index (χ0v) is 11.0. The summed E-state index contributed by atoms with van der Waals surface area (Å²) in [5.74, 6) is 0. The van der Waals surface area contributed by atoms with Crippen molar-refractivity contribution in [1.82, 2.24) is 10.2 Å². The van der Waals surface area contributed by atoms with Crippen molar-refractivity contribution in [1.29, 1.82) is 0 Å². The Hall–Kier alpha value is -0.860. The molecule has 0 aliphatic carbocycles. The van der Waals surface area contributed by atoms with Crippen LogP contribution in [0.4, 0.5) is 0 Å². The highest BCUT2D eigenvalue weighted by Gasteiger charge is 2.03. The van der Waals surface area contributed by atoms with Gasteiger partial charge in [-0.1, -0.05) is 25.1 Å². The number of benzene rings is 1. The lowest BCUT2D eigenvalue weighted by atomic mass is 10.0. The summed E-state index contributed by atoms with van der Waals surface area (Å²) in [6.07, 6.45) is 0. The van der Waals surface area contributed by atoms with E-state index in [2.05, 4.69) is 56.2 Å². The predicted octanol–water partition coefficient (Wildman–Crippen LogP) is 2.34.